The van der Waals surface area contributed by atoms with E-state index in [1.165, 1.54) is 12.1 Å². The molecule has 0 aliphatic rings. The van der Waals surface area contributed by atoms with Gasteiger partial charge in [0.15, 0.2) is 0 Å². The van der Waals surface area contributed by atoms with Crippen molar-refractivity contribution in [3.8, 4) is 6.07 Å². The van der Waals surface area contributed by atoms with Crippen LogP contribution >= 0.6 is 0 Å². The van der Waals surface area contributed by atoms with Crippen molar-refractivity contribution in [2.45, 2.75) is 20.3 Å². The van der Waals surface area contributed by atoms with Gasteiger partial charge in [0.2, 0.25) is 0 Å². The van der Waals surface area contributed by atoms with E-state index in [4.69, 9.17) is 5.26 Å². The summed E-state index contributed by atoms with van der Waals surface area (Å²) in [5.41, 5.74) is 1.89. The molecule has 0 bridgehead atoms. The summed E-state index contributed by atoms with van der Waals surface area (Å²) in [6, 6.07) is 9.85. The Bertz CT molecular complexity index is 333. The highest BCUT2D eigenvalue weighted by Crippen LogP contribution is 2.14. The largest absolute Gasteiger partial charge is 0.375 e. The number of nitrogens with zero attached hydrogens (tertiary/aromatic N) is 2. The number of benzene rings is 1. The van der Waals surface area contributed by atoms with Crippen LogP contribution in [0.2, 0.25) is 0 Å². The summed E-state index contributed by atoms with van der Waals surface area (Å²) in [5, 5.41) is 8.68. The van der Waals surface area contributed by atoms with Crippen LogP contribution in [0.15, 0.2) is 24.3 Å². The Kier molecular flexibility index (Phi) is 4.17. The van der Waals surface area contributed by atoms with Crippen molar-refractivity contribution in [1.82, 2.24) is 0 Å². The molecule has 0 aliphatic carbocycles. The zero-order valence-electron chi connectivity index (χ0n) is 9.70. The summed E-state index contributed by atoms with van der Waals surface area (Å²) < 4.78 is 0. The lowest BCUT2D eigenvalue weighted by atomic mass is 10.1. The quantitative estimate of drug-likeness (QED) is 0.750. The van der Waals surface area contributed by atoms with Gasteiger partial charge in [-0.2, -0.15) is 5.26 Å². The second-order valence-corrected chi connectivity index (χ2v) is 4.26. The molecule has 0 fully saturated rings. The van der Waals surface area contributed by atoms with Crippen molar-refractivity contribution in [2.24, 2.45) is 5.92 Å². The fraction of sp³-hybridized carbons (Fsp3) is 0.462. The van der Waals surface area contributed by atoms with E-state index in [1.807, 2.05) is 24.3 Å². The molecule has 0 amide bonds. The molecule has 1 rings (SSSR count). The predicted octanol–water partition coefficient (Wildman–Crippen LogP) is 3.04. The van der Waals surface area contributed by atoms with Crippen LogP contribution in [-0.4, -0.2) is 13.6 Å². The molecule has 0 unspecified atom stereocenters. The van der Waals surface area contributed by atoms with E-state index < -0.39 is 0 Å². The van der Waals surface area contributed by atoms with Gasteiger partial charge in [0, 0.05) is 19.3 Å². The van der Waals surface area contributed by atoms with Gasteiger partial charge in [-0.25, -0.2) is 0 Å². The minimum atomic E-state index is 0.719. The first-order valence-corrected chi connectivity index (χ1v) is 5.34. The molecule has 0 heterocycles. The normalized spacial score (nSPS) is 10.1. The standard InChI is InChI=1S/C13H18N2/c1-11(2)8-9-15(3)13-6-4-12(10-14)5-7-13/h4-7,11H,8-9H2,1-3H3. The Hall–Kier alpha value is -1.49. The number of rotatable bonds is 4. The smallest absolute Gasteiger partial charge is 0.0991 e. The number of anilines is 1. The summed E-state index contributed by atoms with van der Waals surface area (Å²) >= 11 is 0. The van der Waals surface area contributed by atoms with Gasteiger partial charge in [-0.15, -0.1) is 0 Å². The Labute approximate surface area is 92.1 Å². The molecule has 0 aromatic heterocycles. The third kappa shape index (κ3) is 3.63. The highest BCUT2D eigenvalue weighted by atomic mass is 15.1. The molecule has 1 aromatic rings. The zero-order valence-corrected chi connectivity index (χ0v) is 9.70. The monoisotopic (exact) mass is 202 g/mol. The van der Waals surface area contributed by atoms with Gasteiger partial charge in [-0.3, -0.25) is 0 Å². The van der Waals surface area contributed by atoms with Crippen molar-refractivity contribution in [2.75, 3.05) is 18.5 Å². The average Bonchev–Trinajstić information content (AvgIpc) is 2.26. The molecule has 80 valence electrons. The van der Waals surface area contributed by atoms with Crippen molar-refractivity contribution < 1.29 is 0 Å². The lowest BCUT2D eigenvalue weighted by Gasteiger charge is -2.20. The van der Waals surface area contributed by atoms with Crippen LogP contribution in [0, 0.1) is 17.2 Å². The van der Waals surface area contributed by atoms with Gasteiger partial charge >= 0.3 is 0 Å². The summed E-state index contributed by atoms with van der Waals surface area (Å²) in [5.74, 6) is 0.728. The highest BCUT2D eigenvalue weighted by Gasteiger charge is 2.01. The maximum absolute atomic E-state index is 8.68. The second-order valence-electron chi connectivity index (χ2n) is 4.26. The van der Waals surface area contributed by atoms with E-state index in [2.05, 4.69) is 31.9 Å². The maximum atomic E-state index is 8.68. The van der Waals surface area contributed by atoms with Gasteiger partial charge in [-0.05, 0) is 36.6 Å². The van der Waals surface area contributed by atoms with Crippen LogP contribution in [0.1, 0.15) is 25.8 Å². The second kappa shape index (κ2) is 5.41. The summed E-state index contributed by atoms with van der Waals surface area (Å²) in [4.78, 5) is 2.22. The molecule has 0 spiro atoms. The minimum Gasteiger partial charge on any atom is -0.375 e. The molecular weight excluding hydrogens is 184 g/mol. The van der Waals surface area contributed by atoms with Gasteiger partial charge in [0.1, 0.15) is 0 Å². The predicted molar refractivity (Wildman–Crippen MR) is 63.9 cm³/mol. The van der Waals surface area contributed by atoms with Crippen molar-refractivity contribution in [3.63, 3.8) is 0 Å². The van der Waals surface area contributed by atoms with Crippen molar-refractivity contribution in [1.29, 1.82) is 5.26 Å². The third-order valence-corrected chi connectivity index (χ3v) is 2.48. The first kappa shape index (κ1) is 11.6. The fourth-order valence-electron chi connectivity index (χ4n) is 1.37. The molecule has 0 aliphatic heterocycles. The van der Waals surface area contributed by atoms with Gasteiger partial charge in [-0.1, -0.05) is 13.8 Å². The van der Waals surface area contributed by atoms with E-state index in [-0.39, 0.29) is 0 Å². The van der Waals surface area contributed by atoms with E-state index in [0.29, 0.717) is 0 Å². The van der Waals surface area contributed by atoms with Crippen LogP contribution in [-0.2, 0) is 0 Å². The van der Waals surface area contributed by atoms with Crippen molar-refractivity contribution >= 4 is 5.69 Å². The lowest BCUT2D eigenvalue weighted by Crippen LogP contribution is -2.19. The van der Waals surface area contributed by atoms with Gasteiger partial charge in [0.05, 0.1) is 11.6 Å². The molecule has 2 nitrogen and oxygen atoms in total. The molecule has 15 heavy (non-hydrogen) atoms. The Morgan fingerprint density at radius 2 is 1.87 bits per heavy atom. The van der Waals surface area contributed by atoms with Crippen LogP contribution in [0.4, 0.5) is 5.69 Å². The Morgan fingerprint density at radius 1 is 1.27 bits per heavy atom. The molecule has 2 heteroatoms. The SMILES string of the molecule is CC(C)CCN(C)c1ccc(C#N)cc1. The molecule has 0 saturated carbocycles. The number of nitriles is 1. The fourth-order valence-corrected chi connectivity index (χ4v) is 1.37. The maximum Gasteiger partial charge on any atom is 0.0991 e. The Balaban J connectivity index is 2.58. The lowest BCUT2D eigenvalue weighted by molar-refractivity contribution is 0.585. The van der Waals surface area contributed by atoms with E-state index in [9.17, 15) is 0 Å². The first-order valence-electron chi connectivity index (χ1n) is 5.34. The number of hydrogen-bond donors (Lipinski definition) is 0. The Morgan fingerprint density at radius 3 is 2.33 bits per heavy atom. The van der Waals surface area contributed by atoms with Gasteiger partial charge in [0.25, 0.3) is 0 Å². The highest BCUT2D eigenvalue weighted by molar-refractivity contribution is 5.48. The van der Waals surface area contributed by atoms with Crippen molar-refractivity contribution in [3.05, 3.63) is 29.8 Å². The molecular formula is C13H18N2. The number of hydrogen-bond acceptors (Lipinski definition) is 2. The van der Waals surface area contributed by atoms with Gasteiger partial charge < -0.3 is 4.90 Å². The molecule has 0 atom stereocenters. The molecule has 0 saturated heterocycles. The summed E-state index contributed by atoms with van der Waals surface area (Å²) in [7, 11) is 2.09. The average molecular weight is 202 g/mol. The van der Waals surface area contributed by atoms with Crippen LogP contribution in [0.3, 0.4) is 0 Å². The molecule has 1 aromatic carbocycles. The van der Waals surface area contributed by atoms with Crippen LogP contribution < -0.4 is 4.90 Å². The van der Waals surface area contributed by atoms with E-state index in [1.54, 1.807) is 0 Å². The zero-order chi connectivity index (χ0) is 11.3. The molecule has 0 radical (unpaired) electrons. The minimum absolute atomic E-state index is 0.719. The summed E-state index contributed by atoms with van der Waals surface area (Å²) in [6.45, 7) is 5.52. The topological polar surface area (TPSA) is 27.0 Å². The third-order valence-electron chi connectivity index (χ3n) is 2.48. The summed E-state index contributed by atoms with van der Waals surface area (Å²) in [6.07, 6.45) is 1.19. The first-order chi connectivity index (χ1) is 7.13. The van der Waals surface area contributed by atoms with Crippen LogP contribution in [0.5, 0.6) is 0 Å². The molecule has 0 N–H and O–H groups in total. The van der Waals surface area contributed by atoms with E-state index >= 15 is 0 Å². The van der Waals surface area contributed by atoms with E-state index in [0.717, 1.165) is 18.0 Å². The van der Waals surface area contributed by atoms with Crippen LogP contribution in [0.25, 0.3) is 0 Å².